The minimum Gasteiger partial charge on any atom is -0.480 e. The first-order chi connectivity index (χ1) is 9.22. The summed E-state index contributed by atoms with van der Waals surface area (Å²) in [6.45, 7) is -0.134. The number of rotatable bonds is 2. The molecule has 20 heavy (non-hydrogen) atoms. The molecule has 1 atom stereocenters. The summed E-state index contributed by atoms with van der Waals surface area (Å²) in [4.78, 5) is 11.2. The first-order valence-corrected chi connectivity index (χ1v) is 5.61. The summed E-state index contributed by atoms with van der Waals surface area (Å²) in [6, 6.07) is 3.29. The van der Waals surface area contributed by atoms with E-state index >= 15 is 0 Å². The van der Waals surface area contributed by atoms with Crippen LogP contribution in [0.15, 0.2) is 18.2 Å². The van der Waals surface area contributed by atoms with E-state index in [-0.39, 0.29) is 18.3 Å². The smallest absolute Gasteiger partial charge is 0.330 e. The van der Waals surface area contributed by atoms with Gasteiger partial charge in [0.05, 0.1) is 0 Å². The van der Waals surface area contributed by atoms with Gasteiger partial charge in [-0.3, -0.25) is 4.79 Å². The van der Waals surface area contributed by atoms with Gasteiger partial charge in [0.15, 0.2) is 16.9 Å². The fourth-order valence-electron chi connectivity index (χ4n) is 2.54. The summed E-state index contributed by atoms with van der Waals surface area (Å²) in [6.07, 6.45) is -1.46. The fraction of sp³-hybridized carbons (Fsp3) is 0.417. The number of hydrogen-bond donors (Lipinski definition) is 1. The molecule has 0 spiro atoms. The normalized spacial score (nSPS) is 28.8. The third kappa shape index (κ3) is 1.28. The average Bonchev–Trinajstić information content (AvgIpc) is 2.82. The number of ether oxygens (including phenoxy) is 2. The van der Waals surface area contributed by atoms with E-state index in [1.165, 1.54) is 6.07 Å². The number of benzene rings is 1. The second kappa shape index (κ2) is 3.56. The molecule has 1 unspecified atom stereocenters. The molecule has 3 rings (SSSR count). The third-order valence-corrected chi connectivity index (χ3v) is 3.71. The third-order valence-electron chi connectivity index (χ3n) is 3.71. The molecular weight excluding hydrogens is 284 g/mol. The second-order valence-electron chi connectivity index (χ2n) is 4.73. The monoisotopic (exact) mass is 292 g/mol. The molecule has 0 radical (unpaired) electrons. The van der Waals surface area contributed by atoms with Crippen molar-refractivity contribution in [1.29, 1.82) is 0 Å². The van der Waals surface area contributed by atoms with Crippen LogP contribution in [-0.4, -0.2) is 29.7 Å². The number of halogens is 4. The van der Waals surface area contributed by atoms with Gasteiger partial charge in [0.2, 0.25) is 6.79 Å². The Morgan fingerprint density at radius 1 is 1.15 bits per heavy atom. The number of aliphatic carboxylic acids is 1. The Balaban J connectivity index is 2.12. The maximum atomic E-state index is 13.7. The molecule has 1 aromatic rings. The standard InChI is InChI=1S/C12H8F4O4/c13-11(14)4-10(9(17)18,12(11,15)16)6-1-2-7-8(3-6)20-5-19-7/h1-3H,4-5H2,(H,17,18). The van der Waals surface area contributed by atoms with Crippen molar-refractivity contribution in [3.05, 3.63) is 23.8 Å². The van der Waals surface area contributed by atoms with Gasteiger partial charge in [-0.05, 0) is 17.7 Å². The van der Waals surface area contributed by atoms with Crippen LogP contribution in [-0.2, 0) is 10.2 Å². The zero-order valence-electron chi connectivity index (χ0n) is 9.83. The van der Waals surface area contributed by atoms with Gasteiger partial charge >= 0.3 is 17.8 Å². The quantitative estimate of drug-likeness (QED) is 0.850. The average molecular weight is 292 g/mol. The van der Waals surface area contributed by atoms with Crippen LogP contribution in [0.4, 0.5) is 17.6 Å². The minimum atomic E-state index is -4.67. The van der Waals surface area contributed by atoms with Crippen molar-refractivity contribution < 1.29 is 36.9 Å². The maximum absolute atomic E-state index is 13.7. The highest BCUT2D eigenvalue weighted by atomic mass is 19.3. The lowest BCUT2D eigenvalue weighted by Gasteiger charge is -2.51. The Hall–Kier alpha value is -1.99. The highest BCUT2D eigenvalue weighted by Gasteiger charge is 2.84. The molecule has 1 saturated carbocycles. The number of carboxylic acids is 1. The molecule has 1 heterocycles. The van der Waals surface area contributed by atoms with E-state index < -0.39 is 35.2 Å². The van der Waals surface area contributed by atoms with Gasteiger partial charge in [-0.1, -0.05) is 6.07 Å². The molecule has 0 saturated heterocycles. The van der Waals surface area contributed by atoms with Gasteiger partial charge < -0.3 is 14.6 Å². The number of carbonyl (C=O) groups is 1. The van der Waals surface area contributed by atoms with Crippen molar-refractivity contribution in [2.75, 3.05) is 6.79 Å². The van der Waals surface area contributed by atoms with E-state index in [1.54, 1.807) is 0 Å². The lowest BCUT2D eigenvalue weighted by Crippen LogP contribution is -2.72. The van der Waals surface area contributed by atoms with Gasteiger partial charge in [0, 0.05) is 6.42 Å². The van der Waals surface area contributed by atoms with Crippen LogP contribution in [0.3, 0.4) is 0 Å². The Morgan fingerprint density at radius 2 is 1.80 bits per heavy atom. The first kappa shape index (κ1) is 13.0. The minimum absolute atomic E-state index is 0.0640. The molecule has 0 aromatic heterocycles. The molecule has 0 amide bonds. The van der Waals surface area contributed by atoms with E-state index in [0.717, 1.165) is 12.1 Å². The number of fused-ring (bicyclic) bond motifs is 1. The van der Waals surface area contributed by atoms with Gasteiger partial charge in [-0.15, -0.1) is 0 Å². The van der Waals surface area contributed by atoms with Gasteiger partial charge in [0.25, 0.3) is 0 Å². The fourth-order valence-corrected chi connectivity index (χ4v) is 2.54. The predicted molar refractivity (Wildman–Crippen MR) is 56.4 cm³/mol. The van der Waals surface area contributed by atoms with Crippen molar-refractivity contribution in [3.63, 3.8) is 0 Å². The molecular formula is C12H8F4O4. The van der Waals surface area contributed by atoms with Crippen molar-refractivity contribution in [2.24, 2.45) is 0 Å². The summed E-state index contributed by atoms with van der Waals surface area (Å²) in [7, 11) is 0. The van der Waals surface area contributed by atoms with Crippen molar-refractivity contribution in [3.8, 4) is 11.5 Å². The SMILES string of the molecule is O=C(O)C1(c2ccc3c(c2)OCO3)CC(F)(F)C1(F)F. The van der Waals surface area contributed by atoms with Gasteiger partial charge in [0.1, 0.15) is 0 Å². The Labute approximate surface area is 109 Å². The van der Waals surface area contributed by atoms with E-state index in [1.807, 2.05) is 0 Å². The van der Waals surface area contributed by atoms with Gasteiger partial charge in [-0.25, -0.2) is 0 Å². The summed E-state index contributed by atoms with van der Waals surface area (Å²) < 4.78 is 63.5. The van der Waals surface area contributed by atoms with Crippen LogP contribution in [0, 0.1) is 0 Å². The van der Waals surface area contributed by atoms with Crippen LogP contribution >= 0.6 is 0 Å². The lowest BCUT2D eigenvalue weighted by molar-refractivity contribution is -0.322. The predicted octanol–water partition coefficient (Wildman–Crippen LogP) is 2.41. The van der Waals surface area contributed by atoms with Gasteiger partial charge in [-0.2, -0.15) is 17.6 Å². The number of hydrogen-bond acceptors (Lipinski definition) is 3. The van der Waals surface area contributed by atoms with Crippen LogP contribution in [0.5, 0.6) is 11.5 Å². The van der Waals surface area contributed by atoms with E-state index in [4.69, 9.17) is 14.6 Å². The highest BCUT2D eigenvalue weighted by molar-refractivity contribution is 5.86. The van der Waals surface area contributed by atoms with Crippen LogP contribution in [0.2, 0.25) is 0 Å². The molecule has 1 aliphatic carbocycles. The molecule has 1 aliphatic heterocycles. The molecule has 1 aromatic carbocycles. The van der Waals surface area contributed by atoms with Crippen molar-refractivity contribution >= 4 is 5.97 Å². The zero-order valence-corrected chi connectivity index (χ0v) is 9.83. The lowest BCUT2D eigenvalue weighted by atomic mass is 9.58. The van der Waals surface area contributed by atoms with E-state index in [2.05, 4.69) is 0 Å². The largest absolute Gasteiger partial charge is 0.480 e. The molecule has 2 aliphatic rings. The zero-order chi connectivity index (χ0) is 14.8. The van der Waals surface area contributed by atoms with E-state index in [9.17, 15) is 22.4 Å². The van der Waals surface area contributed by atoms with Crippen molar-refractivity contribution in [2.45, 2.75) is 23.7 Å². The molecule has 1 fully saturated rings. The Kier molecular flexibility index (Phi) is 2.31. The number of alkyl halides is 4. The van der Waals surface area contributed by atoms with Crippen LogP contribution < -0.4 is 9.47 Å². The molecule has 4 nitrogen and oxygen atoms in total. The summed E-state index contributed by atoms with van der Waals surface area (Å²) in [5.74, 6) is -10.7. The number of carboxylic acid groups (broad SMARTS) is 1. The van der Waals surface area contributed by atoms with Crippen LogP contribution in [0.1, 0.15) is 12.0 Å². The highest BCUT2D eigenvalue weighted by Crippen LogP contribution is 2.64. The topological polar surface area (TPSA) is 55.8 Å². The second-order valence-corrected chi connectivity index (χ2v) is 4.73. The Bertz CT molecular complexity index is 601. The van der Waals surface area contributed by atoms with E-state index in [0.29, 0.717) is 0 Å². The maximum Gasteiger partial charge on any atom is 0.330 e. The summed E-state index contributed by atoms with van der Waals surface area (Å²) >= 11 is 0. The molecule has 8 heteroatoms. The first-order valence-electron chi connectivity index (χ1n) is 5.61. The summed E-state index contributed by atoms with van der Waals surface area (Å²) in [5, 5.41) is 9.07. The van der Waals surface area contributed by atoms with Crippen LogP contribution in [0.25, 0.3) is 0 Å². The van der Waals surface area contributed by atoms with Crippen molar-refractivity contribution in [1.82, 2.24) is 0 Å². The molecule has 108 valence electrons. The molecule has 1 N–H and O–H groups in total. The molecule has 0 bridgehead atoms. The Morgan fingerprint density at radius 3 is 2.35 bits per heavy atom. The summed E-state index contributed by atoms with van der Waals surface area (Å²) in [5.41, 5.74) is -3.37.